The van der Waals surface area contributed by atoms with Gasteiger partial charge >= 0.3 is 0 Å². The summed E-state index contributed by atoms with van der Waals surface area (Å²) in [5.74, 6) is 0.652. The molecule has 7 heteroatoms. The van der Waals surface area contributed by atoms with Crippen LogP contribution in [0, 0.1) is 12.8 Å². The van der Waals surface area contributed by atoms with Gasteiger partial charge in [0.25, 0.3) is 0 Å². The van der Waals surface area contributed by atoms with Gasteiger partial charge in [0.2, 0.25) is 17.8 Å². The summed E-state index contributed by atoms with van der Waals surface area (Å²) in [6, 6.07) is 1.91. The van der Waals surface area contributed by atoms with Crippen LogP contribution in [0.1, 0.15) is 18.5 Å². The summed E-state index contributed by atoms with van der Waals surface area (Å²) >= 11 is 0. The number of rotatable bonds is 3. The molecule has 3 aliphatic rings. The lowest BCUT2D eigenvalue weighted by Crippen LogP contribution is -2.51. The van der Waals surface area contributed by atoms with Crippen molar-refractivity contribution in [1.29, 1.82) is 0 Å². The third kappa shape index (κ3) is 3.13. The predicted octanol–water partition coefficient (Wildman–Crippen LogP) is 0.300. The van der Waals surface area contributed by atoms with Crippen LogP contribution in [0.2, 0.25) is 0 Å². The second-order valence-electron chi connectivity index (χ2n) is 6.59. The van der Waals surface area contributed by atoms with Crippen LogP contribution in [0.4, 0.5) is 5.95 Å². The Kier molecular flexibility index (Phi) is 4.19. The number of nitrogens with zero attached hydrogens (tertiary/aromatic N) is 5. The van der Waals surface area contributed by atoms with Gasteiger partial charge < -0.3 is 14.7 Å². The van der Waals surface area contributed by atoms with Crippen LogP contribution in [-0.4, -0.2) is 71.4 Å². The fraction of sp³-hybridized carbons (Fsp3) is 0.625. The van der Waals surface area contributed by atoms with E-state index < -0.39 is 0 Å². The Balaban J connectivity index is 1.82. The Morgan fingerprint density at radius 1 is 1.35 bits per heavy atom. The number of aryl methyl sites for hydroxylation is 1. The van der Waals surface area contributed by atoms with E-state index in [2.05, 4.69) is 14.9 Å². The quantitative estimate of drug-likeness (QED) is 0.802. The van der Waals surface area contributed by atoms with Crippen molar-refractivity contribution in [2.45, 2.75) is 25.8 Å². The number of aromatic nitrogens is 2. The maximum absolute atomic E-state index is 12.7. The summed E-state index contributed by atoms with van der Waals surface area (Å²) < 4.78 is 0. The Bertz CT molecular complexity index is 618. The topological polar surface area (TPSA) is 69.6 Å². The second-order valence-corrected chi connectivity index (χ2v) is 6.59. The number of piperidine rings is 1. The number of fused-ring (bicyclic) bond motifs is 4. The van der Waals surface area contributed by atoms with Crippen LogP contribution >= 0.6 is 0 Å². The Labute approximate surface area is 136 Å². The standard InChI is InChI=1S/C16H23N5O2/c1-11-6-7-17-16(18-11)20-8-12-4-5-13(9-20)21(15(12)23)10-14(22)19(2)3/h6-7,12-13H,4-5,8-10H2,1-3H3/t12-,13+/m0/s1. The zero-order valence-electron chi connectivity index (χ0n) is 13.9. The summed E-state index contributed by atoms with van der Waals surface area (Å²) in [6.45, 7) is 3.41. The van der Waals surface area contributed by atoms with Crippen molar-refractivity contribution >= 4 is 17.8 Å². The highest BCUT2D eigenvalue weighted by Crippen LogP contribution is 2.30. The molecule has 0 aromatic carbocycles. The monoisotopic (exact) mass is 317 g/mol. The predicted molar refractivity (Wildman–Crippen MR) is 85.9 cm³/mol. The zero-order valence-corrected chi connectivity index (χ0v) is 13.9. The highest BCUT2D eigenvalue weighted by Gasteiger charge is 2.42. The smallest absolute Gasteiger partial charge is 0.241 e. The molecule has 0 saturated carbocycles. The molecular formula is C16H23N5O2. The Hall–Kier alpha value is -2.18. The molecule has 0 spiro atoms. The number of amides is 2. The molecule has 0 radical (unpaired) electrons. The molecule has 23 heavy (non-hydrogen) atoms. The average Bonchev–Trinajstić information content (AvgIpc) is 2.80. The molecule has 4 rings (SSSR count). The molecule has 0 N–H and O–H groups in total. The van der Waals surface area contributed by atoms with Crippen LogP contribution in [0.3, 0.4) is 0 Å². The molecule has 2 amide bonds. The van der Waals surface area contributed by atoms with Gasteiger partial charge in [-0.2, -0.15) is 0 Å². The zero-order chi connectivity index (χ0) is 16.6. The van der Waals surface area contributed by atoms with Crippen molar-refractivity contribution < 1.29 is 9.59 Å². The molecule has 0 unspecified atom stereocenters. The highest BCUT2D eigenvalue weighted by molar-refractivity contribution is 5.87. The third-order valence-electron chi connectivity index (χ3n) is 4.66. The molecular weight excluding hydrogens is 294 g/mol. The first kappa shape index (κ1) is 15.7. The number of hydrogen-bond donors (Lipinski definition) is 0. The first-order valence-corrected chi connectivity index (χ1v) is 8.01. The third-order valence-corrected chi connectivity index (χ3v) is 4.66. The minimum Gasteiger partial charge on any atom is -0.347 e. The number of carbonyl (C=O) groups excluding carboxylic acids is 2. The summed E-state index contributed by atoms with van der Waals surface area (Å²) in [7, 11) is 3.44. The van der Waals surface area contributed by atoms with Crippen LogP contribution in [-0.2, 0) is 9.59 Å². The van der Waals surface area contributed by atoms with Crippen molar-refractivity contribution in [3.05, 3.63) is 18.0 Å². The van der Waals surface area contributed by atoms with Crippen LogP contribution in [0.15, 0.2) is 12.3 Å². The van der Waals surface area contributed by atoms with Gasteiger partial charge in [-0.3, -0.25) is 9.59 Å². The molecule has 4 heterocycles. The molecule has 0 aliphatic carbocycles. The van der Waals surface area contributed by atoms with E-state index in [4.69, 9.17) is 0 Å². The number of carbonyl (C=O) groups is 2. The van der Waals surface area contributed by atoms with E-state index in [9.17, 15) is 9.59 Å². The summed E-state index contributed by atoms with van der Waals surface area (Å²) in [6.07, 6.45) is 3.55. The number of anilines is 1. The van der Waals surface area contributed by atoms with E-state index in [0.717, 1.165) is 18.5 Å². The fourth-order valence-corrected chi connectivity index (χ4v) is 3.29. The lowest BCUT2D eigenvalue weighted by Gasteiger charge is -2.35. The van der Waals surface area contributed by atoms with E-state index >= 15 is 0 Å². The molecule has 3 saturated heterocycles. The van der Waals surface area contributed by atoms with E-state index in [-0.39, 0.29) is 30.3 Å². The van der Waals surface area contributed by atoms with Gasteiger partial charge in [-0.15, -0.1) is 0 Å². The Morgan fingerprint density at radius 3 is 2.83 bits per heavy atom. The maximum atomic E-state index is 12.7. The molecule has 2 bridgehead atoms. The van der Waals surface area contributed by atoms with Crippen LogP contribution in [0.5, 0.6) is 0 Å². The van der Waals surface area contributed by atoms with E-state index in [1.54, 1.807) is 25.2 Å². The lowest BCUT2D eigenvalue weighted by atomic mass is 9.94. The minimum atomic E-state index is -0.0761. The first-order valence-electron chi connectivity index (χ1n) is 8.01. The number of likely N-dealkylation sites (N-methyl/N-ethyl adjacent to an activating group) is 1. The van der Waals surface area contributed by atoms with Gasteiger partial charge in [0, 0.05) is 45.1 Å². The van der Waals surface area contributed by atoms with Gasteiger partial charge in [-0.1, -0.05) is 0 Å². The summed E-state index contributed by atoms with van der Waals surface area (Å²) in [4.78, 5) is 38.9. The Morgan fingerprint density at radius 2 is 2.13 bits per heavy atom. The molecule has 7 nitrogen and oxygen atoms in total. The van der Waals surface area contributed by atoms with E-state index in [1.165, 1.54) is 4.90 Å². The van der Waals surface area contributed by atoms with Crippen molar-refractivity contribution in [3.8, 4) is 0 Å². The largest absolute Gasteiger partial charge is 0.347 e. The van der Waals surface area contributed by atoms with E-state index in [0.29, 0.717) is 19.0 Å². The molecule has 3 fully saturated rings. The summed E-state index contributed by atoms with van der Waals surface area (Å²) in [5.41, 5.74) is 0.914. The molecule has 3 aliphatic heterocycles. The highest BCUT2D eigenvalue weighted by atomic mass is 16.2. The van der Waals surface area contributed by atoms with Crippen molar-refractivity contribution in [2.75, 3.05) is 38.6 Å². The van der Waals surface area contributed by atoms with Crippen molar-refractivity contribution in [1.82, 2.24) is 19.8 Å². The number of hydrogen-bond acceptors (Lipinski definition) is 5. The van der Waals surface area contributed by atoms with Gasteiger partial charge in [0.1, 0.15) is 6.54 Å². The van der Waals surface area contributed by atoms with Crippen molar-refractivity contribution in [3.63, 3.8) is 0 Å². The molecule has 2 atom stereocenters. The molecule has 1 aromatic heterocycles. The van der Waals surface area contributed by atoms with Gasteiger partial charge in [-0.05, 0) is 25.8 Å². The minimum absolute atomic E-state index is 0.0377. The maximum Gasteiger partial charge on any atom is 0.241 e. The molecule has 124 valence electrons. The van der Waals surface area contributed by atoms with Crippen LogP contribution in [0.25, 0.3) is 0 Å². The SMILES string of the molecule is Cc1ccnc(N2C[C@@H]3CC[C@H](C2)N(CC(=O)N(C)C)C3=O)n1. The lowest BCUT2D eigenvalue weighted by molar-refractivity contribution is -0.145. The van der Waals surface area contributed by atoms with Gasteiger partial charge in [-0.25, -0.2) is 9.97 Å². The first-order chi connectivity index (χ1) is 11.0. The van der Waals surface area contributed by atoms with Crippen LogP contribution < -0.4 is 4.90 Å². The van der Waals surface area contributed by atoms with Gasteiger partial charge in [0.05, 0.1) is 5.92 Å². The fourth-order valence-electron chi connectivity index (χ4n) is 3.29. The normalized spacial score (nSPS) is 23.9. The summed E-state index contributed by atoms with van der Waals surface area (Å²) in [5, 5.41) is 0. The second kappa shape index (κ2) is 6.14. The molecule has 1 aromatic rings. The average molecular weight is 317 g/mol. The van der Waals surface area contributed by atoms with Gasteiger partial charge in [0.15, 0.2) is 0 Å². The van der Waals surface area contributed by atoms with E-state index in [1.807, 2.05) is 13.0 Å². The van der Waals surface area contributed by atoms with Crippen molar-refractivity contribution in [2.24, 2.45) is 5.92 Å².